The van der Waals surface area contributed by atoms with E-state index in [1.165, 1.54) is 24.0 Å². The van der Waals surface area contributed by atoms with Crippen molar-refractivity contribution in [3.8, 4) is 0 Å². The maximum Gasteiger partial charge on any atom is 0.221 e. The highest BCUT2D eigenvalue weighted by Gasteiger charge is 2.31. The van der Waals surface area contributed by atoms with Crippen LogP contribution in [0.4, 0.5) is 0 Å². The van der Waals surface area contributed by atoms with Gasteiger partial charge in [0.05, 0.1) is 6.61 Å². The van der Waals surface area contributed by atoms with E-state index < -0.39 is 0 Å². The van der Waals surface area contributed by atoms with Gasteiger partial charge in [0.25, 0.3) is 0 Å². The molecule has 0 radical (unpaired) electrons. The zero-order chi connectivity index (χ0) is 15.1. The van der Waals surface area contributed by atoms with E-state index in [0.717, 1.165) is 5.92 Å². The monoisotopic (exact) mass is 290 g/mol. The molecule has 1 aliphatic carbocycles. The molecule has 1 fully saturated rings. The first kappa shape index (κ1) is 16.0. The summed E-state index contributed by atoms with van der Waals surface area (Å²) in [7, 11) is 1.63. The fourth-order valence-corrected chi connectivity index (χ4v) is 2.48. The van der Waals surface area contributed by atoms with Gasteiger partial charge in [-0.05, 0) is 31.2 Å². The standard InChI is InChI=1S/C17H26N2O2/c1-13-3-5-14(6-4-13)17(15-7-8-15)19-10-9-16(20)18-11-12-21-2/h3-6,15,17,19H,7-12H2,1-2H3,(H,18,20). The van der Waals surface area contributed by atoms with Crippen LogP contribution < -0.4 is 10.6 Å². The van der Waals surface area contributed by atoms with Gasteiger partial charge in [0.2, 0.25) is 5.91 Å². The van der Waals surface area contributed by atoms with Gasteiger partial charge < -0.3 is 15.4 Å². The summed E-state index contributed by atoms with van der Waals surface area (Å²) in [5.74, 6) is 0.808. The number of carbonyl (C=O) groups excluding carboxylic acids is 1. The molecule has 4 nitrogen and oxygen atoms in total. The summed E-state index contributed by atoms with van der Waals surface area (Å²) < 4.78 is 4.91. The molecule has 0 aromatic heterocycles. The molecule has 0 bridgehead atoms. The maximum absolute atomic E-state index is 11.7. The van der Waals surface area contributed by atoms with Gasteiger partial charge in [-0.25, -0.2) is 0 Å². The van der Waals surface area contributed by atoms with Gasteiger partial charge in [-0.15, -0.1) is 0 Å². The van der Waals surface area contributed by atoms with Crippen molar-refractivity contribution in [2.24, 2.45) is 5.92 Å². The van der Waals surface area contributed by atoms with Crippen LogP contribution in [0.15, 0.2) is 24.3 Å². The minimum atomic E-state index is 0.0815. The average Bonchev–Trinajstić information content (AvgIpc) is 3.30. The fourth-order valence-electron chi connectivity index (χ4n) is 2.48. The number of nitrogens with one attached hydrogen (secondary N) is 2. The number of benzene rings is 1. The summed E-state index contributed by atoms with van der Waals surface area (Å²) in [4.78, 5) is 11.7. The molecule has 1 unspecified atom stereocenters. The van der Waals surface area contributed by atoms with Crippen LogP contribution in [-0.2, 0) is 9.53 Å². The molecule has 1 aromatic carbocycles. The minimum absolute atomic E-state index is 0.0815. The number of carbonyl (C=O) groups is 1. The number of ether oxygens (including phenoxy) is 1. The van der Waals surface area contributed by atoms with E-state index in [9.17, 15) is 4.79 Å². The van der Waals surface area contributed by atoms with Crippen molar-refractivity contribution in [3.05, 3.63) is 35.4 Å². The Labute approximate surface area is 127 Å². The SMILES string of the molecule is COCCNC(=O)CCNC(c1ccc(C)cc1)C1CC1. The Balaban J connectivity index is 1.76. The predicted molar refractivity (Wildman–Crippen MR) is 84.1 cm³/mol. The lowest BCUT2D eigenvalue weighted by molar-refractivity contribution is -0.121. The van der Waals surface area contributed by atoms with Crippen molar-refractivity contribution >= 4 is 5.91 Å². The molecule has 4 heteroatoms. The van der Waals surface area contributed by atoms with Crippen LogP contribution >= 0.6 is 0 Å². The first-order chi connectivity index (χ1) is 10.2. The Bertz CT molecular complexity index is 441. The van der Waals surface area contributed by atoms with E-state index in [0.29, 0.717) is 32.2 Å². The second kappa shape index (κ2) is 8.15. The summed E-state index contributed by atoms with van der Waals surface area (Å²) in [6, 6.07) is 9.10. The van der Waals surface area contributed by atoms with Gasteiger partial charge in [0.1, 0.15) is 0 Å². The molecule has 1 atom stereocenters. The lowest BCUT2D eigenvalue weighted by Crippen LogP contribution is -2.31. The molecule has 0 aliphatic heterocycles. The van der Waals surface area contributed by atoms with Crippen molar-refractivity contribution < 1.29 is 9.53 Å². The Morgan fingerprint density at radius 1 is 1.29 bits per heavy atom. The number of hydrogen-bond donors (Lipinski definition) is 2. The molecule has 0 heterocycles. The van der Waals surface area contributed by atoms with Crippen molar-refractivity contribution in [2.45, 2.75) is 32.2 Å². The van der Waals surface area contributed by atoms with Gasteiger partial charge in [0.15, 0.2) is 0 Å². The van der Waals surface area contributed by atoms with Crippen molar-refractivity contribution in [1.29, 1.82) is 0 Å². The highest BCUT2D eigenvalue weighted by atomic mass is 16.5. The number of hydrogen-bond acceptors (Lipinski definition) is 3. The second-order valence-electron chi connectivity index (χ2n) is 5.77. The van der Waals surface area contributed by atoms with Gasteiger partial charge in [-0.1, -0.05) is 29.8 Å². The number of aryl methyl sites for hydroxylation is 1. The number of amides is 1. The molecule has 0 spiro atoms. The third kappa shape index (κ3) is 5.48. The Kier molecular flexibility index (Phi) is 6.21. The molecule has 0 saturated heterocycles. The second-order valence-corrected chi connectivity index (χ2v) is 5.77. The summed E-state index contributed by atoms with van der Waals surface area (Å²) >= 11 is 0. The van der Waals surface area contributed by atoms with Crippen LogP contribution in [0.3, 0.4) is 0 Å². The molecular weight excluding hydrogens is 264 g/mol. The zero-order valence-electron chi connectivity index (χ0n) is 13.0. The molecule has 1 aliphatic rings. The Morgan fingerprint density at radius 2 is 2.00 bits per heavy atom. The molecule has 21 heavy (non-hydrogen) atoms. The van der Waals surface area contributed by atoms with Crippen LogP contribution in [0.5, 0.6) is 0 Å². The van der Waals surface area contributed by atoms with Crippen LogP contribution in [0.25, 0.3) is 0 Å². The van der Waals surface area contributed by atoms with E-state index in [2.05, 4.69) is 41.8 Å². The molecule has 1 saturated carbocycles. The number of methoxy groups -OCH3 is 1. The first-order valence-corrected chi connectivity index (χ1v) is 7.76. The normalized spacial score (nSPS) is 15.7. The van der Waals surface area contributed by atoms with Crippen molar-refractivity contribution in [1.82, 2.24) is 10.6 Å². The summed E-state index contributed by atoms with van der Waals surface area (Å²) in [5.41, 5.74) is 2.62. The Hall–Kier alpha value is -1.39. The summed E-state index contributed by atoms with van der Waals surface area (Å²) in [6.45, 7) is 3.97. The smallest absolute Gasteiger partial charge is 0.221 e. The largest absolute Gasteiger partial charge is 0.383 e. The predicted octanol–water partition coefficient (Wildman–Crippen LogP) is 2.19. The maximum atomic E-state index is 11.7. The van der Waals surface area contributed by atoms with Crippen LogP contribution in [0.1, 0.15) is 36.4 Å². The van der Waals surface area contributed by atoms with Gasteiger partial charge >= 0.3 is 0 Å². The molecule has 2 rings (SSSR count). The van der Waals surface area contributed by atoms with E-state index >= 15 is 0 Å². The fraction of sp³-hybridized carbons (Fsp3) is 0.588. The lowest BCUT2D eigenvalue weighted by Gasteiger charge is -2.19. The van der Waals surface area contributed by atoms with Crippen molar-refractivity contribution in [2.75, 3.05) is 26.8 Å². The summed E-state index contributed by atoms with van der Waals surface area (Å²) in [6.07, 6.45) is 3.08. The van der Waals surface area contributed by atoms with Crippen LogP contribution in [0, 0.1) is 12.8 Å². The molecule has 116 valence electrons. The number of rotatable bonds is 9. The van der Waals surface area contributed by atoms with Crippen LogP contribution in [0.2, 0.25) is 0 Å². The van der Waals surface area contributed by atoms with Crippen molar-refractivity contribution in [3.63, 3.8) is 0 Å². The lowest BCUT2D eigenvalue weighted by atomic mass is 10.0. The third-order valence-electron chi connectivity index (χ3n) is 3.87. The average molecular weight is 290 g/mol. The minimum Gasteiger partial charge on any atom is -0.383 e. The summed E-state index contributed by atoms with van der Waals surface area (Å²) in [5, 5.41) is 6.39. The van der Waals surface area contributed by atoms with E-state index in [4.69, 9.17) is 4.74 Å². The molecule has 1 amide bonds. The van der Waals surface area contributed by atoms with Gasteiger partial charge in [-0.3, -0.25) is 4.79 Å². The highest BCUT2D eigenvalue weighted by molar-refractivity contribution is 5.76. The molecular formula is C17H26N2O2. The third-order valence-corrected chi connectivity index (χ3v) is 3.87. The van der Waals surface area contributed by atoms with E-state index in [-0.39, 0.29) is 5.91 Å². The van der Waals surface area contributed by atoms with Gasteiger partial charge in [0, 0.05) is 32.7 Å². The topological polar surface area (TPSA) is 50.4 Å². The highest BCUT2D eigenvalue weighted by Crippen LogP contribution is 2.40. The Morgan fingerprint density at radius 3 is 2.62 bits per heavy atom. The molecule has 1 aromatic rings. The van der Waals surface area contributed by atoms with E-state index in [1.54, 1.807) is 7.11 Å². The first-order valence-electron chi connectivity index (χ1n) is 7.76. The zero-order valence-corrected chi connectivity index (χ0v) is 13.0. The van der Waals surface area contributed by atoms with Crippen LogP contribution in [-0.4, -0.2) is 32.7 Å². The van der Waals surface area contributed by atoms with Gasteiger partial charge in [-0.2, -0.15) is 0 Å². The van der Waals surface area contributed by atoms with E-state index in [1.807, 2.05) is 0 Å². The quantitative estimate of drug-likeness (QED) is 0.685. The molecule has 2 N–H and O–H groups in total.